The summed E-state index contributed by atoms with van der Waals surface area (Å²) in [5.41, 5.74) is 2.73. The van der Waals surface area contributed by atoms with Crippen LogP contribution >= 0.6 is 0 Å². The number of hydrogen-bond acceptors (Lipinski definition) is 4. The van der Waals surface area contributed by atoms with Gasteiger partial charge in [0.25, 0.3) is 5.91 Å². The maximum absolute atomic E-state index is 12.5. The van der Waals surface area contributed by atoms with Gasteiger partial charge in [0.1, 0.15) is 17.3 Å². The van der Waals surface area contributed by atoms with E-state index in [1.807, 2.05) is 25.3 Å². The molecular weight excluding hydrogens is 326 g/mol. The molecule has 0 bridgehead atoms. The molecule has 0 atom stereocenters. The van der Waals surface area contributed by atoms with Gasteiger partial charge in [-0.15, -0.1) is 0 Å². The van der Waals surface area contributed by atoms with Crippen LogP contribution in [-0.4, -0.2) is 40.5 Å². The third kappa shape index (κ3) is 3.85. The number of carbonyl (C=O) groups is 1. The summed E-state index contributed by atoms with van der Waals surface area (Å²) in [7, 11) is 0. The first-order valence-corrected chi connectivity index (χ1v) is 9.06. The van der Waals surface area contributed by atoms with Crippen molar-refractivity contribution in [3.05, 3.63) is 53.6 Å². The Morgan fingerprint density at radius 2 is 1.96 bits per heavy atom. The fraction of sp³-hybridized carbons (Fsp3) is 0.350. The fourth-order valence-electron chi connectivity index (χ4n) is 3.12. The Hall–Kier alpha value is -2.89. The first-order chi connectivity index (χ1) is 12.6. The van der Waals surface area contributed by atoms with Crippen LogP contribution in [0.15, 0.2) is 36.5 Å². The molecule has 0 fully saturated rings. The highest BCUT2D eigenvalue weighted by Crippen LogP contribution is 2.18. The molecule has 0 aliphatic rings. The second-order valence-electron chi connectivity index (χ2n) is 6.20. The lowest BCUT2D eigenvalue weighted by atomic mass is 10.1. The molecule has 0 aliphatic heterocycles. The van der Waals surface area contributed by atoms with Gasteiger partial charge in [-0.1, -0.05) is 18.2 Å². The van der Waals surface area contributed by atoms with Crippen molar-refractivity contribution in [2.45, 2.75) is 27.2 Å². The first-order valence-electron chi connectivity index (χ1n) is 9.06. The van der Waals surface area contributed by atoms with E-state index in [4.69, 9.17) is 0 Å². The van der Waals surface area contributed by atoms with Gasteiger partial charge in [0, 0.05) is 42.8 Å². The van der Waals surface area contributed by atoms with E-state index in [0.29, 0.717) is 18.1 Å². The lowest BCUT2D eigenvalue weighted by molar-refractivity contribution is 0.0949. The maximum atomic E-state index is 12.5. The molecule has 2 heterocycles. The van der Waals surface area contributed by atoms with Crippen molar-refractivity contribution in [3.8, 4) is 0 Å². The van der Waals surface area contributed by atoms with Gasteiger partial charge in [0.05, 0.1) is 0 Å². The predicted octanol–water partition coefficient (Wildman–Crippen LogP) is 3.09. The van der Waals surface area contributed by atoms with Crippen LogP contribution in [0.5, 0.6) is 0 Å². The Balaban J connectivity index is 1.66. The van der Waals surface area contributed by atoms with E-state index in [-0.39, 0.29) is 5.91 Å². The van der Waals surface area contributed by atoms with E-state index in [9.17, 15) is 4.79 Å². The smallest absolute Gasteiger partial charge is 0.270 e. The number of H-pyrrole nitrogens is 1. The average molecular weight is 351 g/mol. The number of anilines is 1. The number of fused-ring (bicyclic) bond motifs is 1. The van der Waals surface area contributed by atoms with Crippen LogP contribution in [0.25, 0.3) is 10.9 Å². The van der Waals surface area contributed by atoms with Crippen molar-refractivity contribution >= 4 is 22.6 Å². The number of rotatable bonds is 7. The van der Waals surface area contributed by atoms with Crippen molar-refractivity contribution < 1.29 is 4.79 Å². The molecule has 0 spiro atoms. The summed E-state index contributed by atoms with van der Waals surface area (Å²) >= 11 is 0. The van der Waals surface area contributed by atoms with Gasteiger partial charge in [-0.05, 0) is 38.8 Å². The normalized spacial score (nSPS) is 10.9. The van der Waals surface area contributed by atoms with Crippen LogP contribution < -0.4 is 10.2 Å². The zero-order valence-electron chi connectivity index (χ0n) is 15.5. The third-order valence-corrected chi connectivity index (χ3v) is 4.50. The second-order valence-corrected chi connectivity index (χ2v) is 6.20. The summed E-state index contributed by atoms with van der Waals surface area (Å²) < 4.78 is 0. The number of carbonyl (C=O) groups excluding carboxylic acids is 1. The van der Waals surface area contributed by atoms with Crippen LogP contribution in [0.1, 0.15) is 35.7 Å². The Bertz CT molecular complexity index is 898. The van der Waals surface area contributed by atoms with E-state index in [1.165, 1.54) is 10.9 Å². The molecule has 0 aliphatic carbocycles. The second kappa shape index (κ2) is 7.99. The number of hydrogen-bond donors (Lipinski definition) is 2. The largest absolute Gasteiger partial charge is 0.361 e. The molecule has 2 N–H and O–H groups in total. The minimum atomic E-state index is -0.163. The summed E-state index contributed by atoms with van der Waals surface area (Å²) in [4.78, 5) is 26.6. The molecule has 0 saturated heterocycles. The van der Waals surface area contributed by atoms with Crippen molar-refractivity contribution in [2.75, 3.05) is 24.5 Å². The maximum Gasteiger partial charge on any atom is 0.270 e. The van der Waals surface area contributed by atoms with Gasteiger partial charge >= 0.3 is 0 Å². The SMILES string of the molecule is CCN(CC)c1cc(C(=O)NCCc2c[nH]c3ccccc23)nc(C)n1. The zero-order valence-corrected chi connectivity index (χ0v) is 15.5. The van der Waals surface area contributed by atoms with Gasteiger partial charge in [-0.3, -0.25) is 4.79 Å². The van der Waals surface area contributed by atoms with Gasteiger partial charge in [0.2, 0.25) is 0 Å². The Labute approximate surface area is 153 Å². The quantitative estimate of drug-likeness (QED) is 0.686. The topological polar surface area (TPSA) is 73.9 Å². The minimum Gasteiger partial charge on any atom is -0.361 e. The van der Waals surface area contributed by atoms with Crippen molar-refractivity contribution in [1.29, 1.82) is 0 Å². The monoisotopic (exact) mass is 351 g/mol. The fourth-order valence-corrected chi connectivity index (χ4v) is 3.12. The van der Waals surface area contributed by atoms with Crippen molar-refractivity contribution in [2.24, 2.45) is 0 Å². The Kier molecular flexibility index (Phi) is 5.51. The number of benzene rings is 1. The van der Waals surface area contributed by atoms with Crippen LogP contribution in [0, 0.1) is 6.92 Å². The van der Waals surface area contributed by atoms with Crippen molar-refractivity contribution in [3.63, 3.8) is 0 Å². The van der Waals surface area contributed by atoms with Gasteiger partial charge in [0.15, 0.2) is 0 Å². The molecule has 0 unspecified atom stereocenters. The Morgan fingerprint density at radius 1 is 1.19 bits per heavy atom. The molecule has 2 aromatic heterocycles. The molecule has 26 heavy (non-hydrogen) atoms. The zero-order chi connectivity index (χ0) is 18.5. The molecule has 0 saturated carbocycles. The number of amides is 1. The van der Waals surface area contributed by atoms with E-state index in [0.717, 1.165) is 30.8 Å². The number of aromatic amines is 1. The molecule has 3 aromatic rings. The highest BCUT2D eigenvalue weighted by atomic mass is 16.1. The van der Waals surface area contributed by atoms with E-state index in [1.54, 1.807) is 6.07 Å². The summed E-state index contributed by atoms with van der Waals surface area (Å²) in [6.07, 6.45) is 2.77. The standard InChI is InChI=1S/C20H25N5O/c1-4-25(5-2)19-12-18(23-14(3)24-19)20(26)21-11-10-15-13-22-17-9-7-6-8-16(15)17/h6-9,12-13,22H,4-5,10-11H2,1-3H3,(H,21,26). The number of aryl methyl sites for hydroxylation is 1. The van der Waals surface area contributed by atoms with E-state index < -0.39 is 0 Å². The van der Waals surface area contributed by atoms with Gasteiger partial charge in [-0.25, -0.2) is 9.97 Å². The van der Waals surface area contributed by atoms with Crippen LogP contribution in [-0.2, 0) is 6.42 Å². The summed E-state index contributed by atoms with van der Waals surface area (Å²) in [6, 6.07) is 9.94. The number of aromatic nitrogens is 3. The lowest BCUT2D eigenvalue weighted by Crippen LogP contribution is -2.28. The van der Waals surface area contributed by atoms with Crippen LogP contribution in [0.4, 0.5) is 5.82 Å². The third-order valence-electron chi connectivity index (χ3n) is 4.50. The van der Waals surface area contributed by atoms with Crippen molar-refractivity contribution in [1.82, 2.24) is 20.3 Å². The number of nitrogens with one attached hydrogen (secondary N) is 2. The van der Waals surface area contributed by atoms with Crippen LogP contribution in [0.2, 0.25) is 0 Å². The summed E-state index contributed by atoms with van der Waals surface area (Å²) in [6.45, 7) is 8.20. The van der Waals surface area contributed by atoms with E-state index >= 15 is 0 Å². The number of para-hydroxylation sites is 1. The lowest BCUT2D eigenvalue weighted by Gasteiger charge is -2.20. The molecule has 1 aromatic carbocycles. The van der Waals surface area contributed by atoms with Gasteiger partial charge < -0.3 is 15.2 Å². The molecule has 3 rings (SSSR count). The molecular formula is C20H25N5O. The molecule has 6 heteroatoms. The highest BCUT2D eigenvalue weighted by Gasteiger charge is 2.13. The van der Waals surface area contributed by atoms with E-state index in [2.05, 4.69) is 51.1 Å². The minimum absolute atomic E-state index is 0.163. The highest BCUT2D eigenvalue weighted by molar-refractivity contribution is 5.93. The molecule has 6 nitrogen and oxygen atoms in total. The molecule has 0 radical (unpaired) electrons. The number of nitrogens with zero attached hydrogens (tertiary/aromatic N) is 3. The summed E-state index contributed by atoms with van der Waals surface area (Å²) in [5.74, 6) is 1.24. The Morgan fingerprint density at radius 3 is 2.73 bits per heavy atom. The average Bonchev–Trinajstić information content (AvgIpc) is 3.05. The first kappa shape index (κ1) is 17.9. The van der Waals surface area contributed by atoms with Gasteiger partial charge in [-0.2, -0.15) is 0 Å². The van der Waals surface area contributed by atoms with Crippen LogP contribution in [0.3, 0.4) is 0 Å². The molecule has 1 amide bonds. The summed E-state index contributed by atoms with van der Waals surface area (Å²) in [5, 5.41) is 4.17. The molecule has 136 valence electrons. The predicted molar refractivity (Wildman–Crippen MR) is 105 cm³/mol.